The van der Waals surface area contributed by atoms with Crippen molar-refractivity contribution in [3.05, 3.63) is 63.8 Å². The molecule has 4 rings (SSSR count). The number of fused-ring (bicyclic) bond motifs is 3. The molecule has 0 fully saturated rings. The van der Waals surface area contributed by atoms with E-state index in [1.807, 2.05) is 18.2 Å². The fourth-order valence-corrected chi connectivity index (χ4v) is 3.21. The predicted octanol–water partition coefficient (Wildman–Crippen LogP) is 2.39. The highest BCUT2D eigenvalue weighted by atomic mass is 16.5. The maximum atomic E-state index is 12.5. The maximum absolute atomic E-state index is 12.5. The number of aromatic amines is 1. The molecule has 3 heterocycles. The van der Waals surface area contributed by atoms with Gasteiger partial charge in [0.15, 0.2) is 6.61 Å². The van der Waals surface area contributed by atoms with Crippen LogP contribution in [0.15, 0.2) is 45.8 Å². The van der Waals surface area contributed by atoms with Gasteiger partial charge < -0.3 is 19.0 Å². The number of carbonyl (C=O) groups is 1. The number of para-hydroxylation sites is 1. The third-order valence-electron chi connectivity index (χ3n) is 4.52. The van der Waals surface area contributed by atoms with Crippen LogP contribution in [0, 0.1) is 6.92 Å². The normalized spacial score (nSPS) is 13.7. The number of ether oxygens (including phenoxy) is 1. The summed E-state index contributed by atoms with van der Waals surface area (Å²) in [7, 11) is 0. The average Bonchev–Trinajstić information content (AvgIpc) is 2.98. The van der Waals surface area contributed by atoms with Crippen LogP contribution in [-0.2, 0) is 17.8 Å². The van der Waals surface area contributed by atoms with E-state index in [9.17, 15) is 9.59 Å². The van der Waals surface area contributed by atoms with Crippen molar-refractivity contribution in [3.63, 3.8) is 0 Å². The highest BCUT2D eigenvalue weighted by molar-refractivity contribution is 5.86. The highest BCUT2D eigenvalue weighted by Crippen LogP contribution is 2.27. The molecule has 6 heteroatoms. The lowest BCUT2D eigenvalue weighted by molar-refractivity contribution is -0.134. The van der Waals surface area contributed by atoms with Crippen molar-refractivity contribution in [1.29, 1.82) is 0 Å². The Hall–Kier alpha value is -3.02. The summed E-state index contributed by atoms with van der Waals surface area (Å²) < 4.78 is 10.5. The molecule has 0 bridgehead atoms. The number of amides is 1. The molecule has 1 aliphatic heterocycles. The molecule has 6 nitrogen and oxygen atoms in total. The van der Waals surface area contributed by atoms with Crippen LogP contribution in [0.4, 0.5) is 0 Å². The molecule has 1 N–H and O–H groups in total. The van der Waals surface area contributed by atoms with Gasteiger partial charge in [0.1, 0.15) is 12.0 Å². The maximum Gasteiger partial charge on any atom is 0.260 e. The number of hydrogen-bond donors (Lipinski definition) is 1. The van der Waals surface area contributed by atoms with Crippen molar-refractivity contribution < 1.29 is 13.9 Å². The van der Waals surface area contributed by atoms with Gasteiger partial charge in [-0.2, -0.15) is 0 Å². The minimum absolute atomic E-state index is 0.0590. The van der Waals surface area contributed by atoms with E-state index in [2.05, 4.69) is 11.1 Å². The van der Waals surface area contributed by atoms with E-state index in [1.165, 1.54) is 18.0 Å². The topological polar surface area (TPSA) is 75.5 Å². The number of benzene rings is 1. The molecule has 0 saturated carbocycles. The summed E-state index contributed by atoms with van der Waals surface area (Å²) in [5.41, 5.74) is 3.15. The van der Waals surface area contributed by atoms with E-state index in [0.29, 0.717) is 18.8 Å². The van der Waals surface area contributed by atoms with Gasteiger partial charge in [-0.05, 0) is 13.0 Å². The lowest BCUT2D eigenvalue weighted by Crippen LogP contribution is -2.39. The van der Waals surface area contributed by atoms with E-state index >= 15 is 0 Å². The van der Waals surface area contributed by atoms with Crippen LogP contribution in [0.25, 0.3) is 10.9 Å². The SMILES string of the molecule is Cc1cc(=O)c(OCC(=O)N2CCc3[nH]c4ccccc4c3C2)co1. The molecule has 0 spiro atoms. The summed E-state index contributed by atoms with van der Waals surface area (Å²) in [6.45, 7) is 2.68. The number of rotatable bonds is 3. The fraction of sp³-hybridized carbons (Fsp3) is 0.263. The number of nitrogens with zero attached hydrogens (tertiary/aromatic N) is 1. The molecule has 0 atom stereocenters. The molecule has 1 amide bonds. The van der Waals surface area contributed by atoms with Crippen LogP contribution in [-0.4, -0.2) is 28.9 Å². The van der Waals surface area contributed by atoms with Crippen LogP contribution in [0.2, 0.25) is 0 Å². The van der Waals surface area contributed by atoms with Crippen molar-refractivity contribution >= 4 is 16.8 Å². The zero-order valence-corrected chi connectivity index (χ0v) is 13.9. The van der Waals surface area contributed by atoms with Crippen molar-refractivity contribution in [3.8, 4) is 5.75 Å². The van der Waals surface area contributed by atoms with E-state index in [0.717, 1.165) is 22.9 Å². The Morgan fingerprint density at radius 3 is 3.04 bits per heavy atom. The van der Waals surface area contributed by atoms with Gasteiger partial charge in [-0.15, -0.1) is 0 Å². The minimum atomic E-state index is -0.283. The molecule has 0 saturated heterocycles. The number of nitrogens with one attached hydrogen (secondary N) is 1. The number of aryl methyl sites for hydroxylation is 1. The third-order valence-corrected chi connectivity index (χ3v) is 4.52. The fourth-order valence-electron chi connectivity index (χ4n) is 3.21. The Morgan fingerprint density at radius 1 is 1.36 bits per heavy atom. The Balaban J connectivity index is 1.47. The van der Waals surface area contributed by atoms with Gasteiger partial charge in [-0.1, -0.05) is 18.2 Å². The summed E-state index contributed by atoms with van der Waals surface area (Å²) >= 11 is 0. The summed E-state index contributed by atoms with van der Waals surface area (Å²) in [5, 5.41) is 1.15. The molecule has 0 unspecified atom stereocenters. The van der Waals surface area contributed by atoms with Crippen LogP contribution in [0.1, 0.15) is 17.0 Å². The molecule has 25 heavy (non-hydrogen) atoms. The molecule has 1 aliphatic rings. The molecule has 0 radical (unpaired) electrons. The van der Waals surface area contributed by atoms with Crippen molar-refractivity contribution in [2.45, 2.75) is 19.9 Å². The predicted molar refractivity (Wildman–Crippen MR) is 92.6 cm³/mol. The monoisotopic (exact) mass is 338 g/mol. The second-order valence-corrected chi connectivity index (χ2v) is 6.20. The first-order valence-electron chi connectivity index (χ1n) is 8.20. The lowest BCUT2D eigenvalue weighted by Gasteiger charge is -2.27. The average molecular weight is 338 g/mol. The summed E-state index contributed by atoms with van der Waals surface area (Å²) in [6, 6.07) is 9.44. The largest absolute Gasteiger partial charge is 0.477 e. The molecular weight excluding hydrogens is 320 g/mol. The Kier molecular flexibility index (Phi) is 3.80. The zero-order chi connectivity index (χ0) is 17.4. The minimum Gasteiger partial charge on any atom is -0.477 e. The Morgan fingerprint density at radius 2 is 2.20 bits per heavy atom. The number of aromatic nitrogens is 1. The summed E-state index contributed by atoms with van der Waals surface area (Å²) in [5.74, 6) is 0.422. The van der Waals surface area contributed by atoms with Gasteiger partial charge >= 0.3 is 0 Å². The van der Waals surface area contributed by atoms with Gasteiger partial charge in [-0.25, -0.2) is 0 Å². The number of H-pyrrole nitrogens is 1. The van der Waals surface area contributed by atoms with Gasteiger partial charge in [0.25, 0.3) is 5.91 Å². The van der Waals surface area contributed by atoms with Crippen LogP contribution in [0.3, 0.4) is 0 Å². The molecule has 1 aromatic carbocycles. The zero-order valence-electron chi connectivity index (χ0n) is 13.9. The van der Waals surface area contributed by atoms with Crippen molar-refractivity contribution in [2.75, 3.05) is 13.2 Å². The smallest absolute Gasteiger partial charge is 0.260 e. The van der Waals surface area contributed by atoms with E-state index in [4.69, 9.17) is 9.15 Å². The van der Waals surface area contributed by atoms with Crippen LogP contribution in [0.5, 0.6) is 5.75 Å². The van der Waals surface area contributed by atoms with Crippen LogP contribution >= 0.6 is 0 Å². The third kappa shape index (κ3) is 2.91. The first-order valence-corrected chi connectivity index (χ1v) is 8.20. The highest BCUT2D eigenvalue weighted by Gasteiger charge is 2.24. The van der Waals surface area contributed by atoms with Gasteiger partial charge in [0, 0.05) is 47.7 Å². The number of hydrogen-bond acceptors (Lipinski definition) is 4. The molecule has 2 aromatic heterocycles. The van der Waals surface area contributed by atoms with Crippen LogP contribution < -0.4 is 10.2 Å². The standard InChI is InChI=1S/C19H18N2O4/c1-12-8-17(22)18(10-24-12)25-11-19(23)21-7-6-16-14(9-21)13-4-2-3-5-15(13)20-16/h2-5,8,10,20H,6-7,9,11H2,1H3. The van der Waals surface area contributed by atoms with Crippen molar-refractivity contribution in [2.24, 2.45) is 0 Å². The van der Waals surface area contributed by atoms with Gasteiger partial charge in [0.2, 0.25) is 11.2 Å². The first-order chi connectivity index (χ1) is 12.1. The summed E-state index contributed by atoms with van der Waals surface area (Å²) in [6.07, 6.45) is 2.03. The Bertz CT molecular complexity index is 1000. The van der Waals surface area contributed by atoms with Gasteiger partial charge in [0.05, 0.1) is 0 Å². The van der Waals surface area contributed by atoms with E-state index in [-0.39, 0.29) is 23.7 Å². The van der Waals surface area contributed by atoms with E-state index < -0.39 is 0 Å². The molecule has 128 valence electrons. The molecule has 3 aromatic rings. The second-order valence-electron chi connectivity index (χ2n) is 6.20. The number of carbonyl (C=O) groups excluding carboxylic acids is 1. The van der Waals surface area contributed by atoms with Gasteiger partial charge in [-0.3, -0.25) is 9.59 Å². The lowest BCUT2D eigenvalue weighted by atomic mass is 10.0. The first kappa shape index (κ1) is 15.5. The van der Waals surface area contributed by atoms with Crippen molar-refractivity contribution in [1.82, 2.24) is 9.88 Å². The Labute approximate surface area is 144 Å². The quantitative estimate of drug-likeness (QED) is 0.796. The van der Waals surface area contributed by atoms with E-state index in [1.54, 1.807) is 11.8 Å². The second kappa shape index (κ2) is 6.12. The molecule has 0 aliphatic carbocycles. The summed E-state index contributed by atoms with van der Waals surface area (Å²) in [4.78, 5) is 29.5. The molecular formula is C19H18N2O4.